The first-order valence-corrected chi connectivity index (χ1v) is 8.03. The van der Waals surface area contributed by atoms with Crippen molar-refractivity contribution in [2.75, 3.05) is 33.9 Å². The van der Waals surface area contributed by atoms with Crippen LogP contribution in [-0.4, -0.2) is 44.7 Å². The van der Waals surface area contributed by atoms with Gasteiger partial charge in [-0.1, -0.05) is 12.1 Å². The van der Waals surface area contributed by atoms with Crippen molar-refractivity contribution >= 4 is 16.9 Å². The minimum atomic E-state index is -0.633. The topological polar surface area (TPSA) is 69.0 Å². The Kier molecular flexibility index (Phi) is 4.85. The maximum Gasteiger partial charge on any atom is 0.349 e. The van der Waals surface area contributed by atoms with Crippen molar-refractivity contribution in [2.45, 2.75) is 12.8 Å². The minimum absolute atomic E-state index is 0.0637. The maximum atomic E-state index is 12.8. The smallest absolute Gasteiger partial charge is 0.349 e. The standard InChI is InChI=1S/C18H21NO5/c1-22-11-12-5-4-8-19(10-12)17(20)14-9-13-6-3-7-15(23-2)16(13)24-18(14)21/h3,6-7,9,12H,4-5,8,10-11H2,1-2H3. The summed E-state index contributed by atoms with van der Waals surface area (Å²) in [7, 11) is 3.17. The summed E-state index contributed by atoms with van der Waals surface area (Å²) in [5.41, 5.74) is -0.211. The molecular weight excluding hydrogens is 310 g/mol. The lowest BCUT2D eigenvalue weighted by atomic mass is 9.98. The van der Waals surface area contributed by atoms with Crippen molar-refractivity contribution in [3.05, 3.63) is 40.2 Å². The molecule has 24 heavy (non-hydrogen) atoms. The number of benzene rings is 1. The molecule has 128 valence electrons. The van der Waals surface area contributed by atoms with Gasteiger partial charge in [-0.2, -0.15) is 0 Å². The van der Waals surface area contributed by atoms with Gasteiger partial charge in [-0.25, -0.2) is 4.79 Å². The maximum absolute atomic E-state index is 12.8. The fourth-order valence-electron chi connectivity index (χ4n) is 3.22. The molecule has 1 aliphatic heterocycles. The van der Waals surface area contributed by atoms with Crippen molar-refractivity contribution in [1.29, 1.82) is 0 Å². The average Bonchev–Trinajstić information content (AvgIpc) is 2.60. The van der Waals surface area contributed by atoms with Crippen molar-refractivity contribution in [2.24, 2.45) is 5.92 Å². The number of amides is 1. The van der Waals surface area contributed by atoms with Gasteiger partial charge in [0.05, 0.1) is 13.7 Å². The molecule has 3 rings (SSSR count). The summed E-state index contributed by atoms with van der Waals surface area (Å²) in [6.07, 6.45) is 1.94. The van der Waals surface area contributed by atoms with Crippen LogP contribution in [0.25, 0.3) is 11.0 Å². The highest BCUT2D eigenvalue weighted by Gasteiger charge is 2.27. The third-order valence-electron chi connectivity index (χ3n) is 4.38. The number of para-hydroxylation sites is 1. The number of carbonyl (C=O) groups excluding carboxylic acids is 1. The number of hydrogen-bond acceptors (Lipinski definition) is 5. The molecule has 0 aliphatic carbocycles. The van der Waals surface area contributed by atoms with E-state index in [0.29, 0.717) is 42.3 Å². The number of nitrogens with zero attached hydrogens (tertiary/aromatic N) is 1. The first kappa shape index (κ1) is 16.5. The molecule has 6 heteroatoms. The molecule has 0 spiro atoms. The predicted molar refractivity (Wildman–Crippen MR) is 89.5 cm³/mol. The van der Waals surface area contributed by atoms with E-state index in [9.17, 15) is 9.59 Å². The summed E-state index contributed by atoms with van der Waals surface area (Å²) in [4.78, 5) is 26.8. The van der Waals surface area contributed by atoms with Gasteiger partial charge >= 0.3 is 5.63 Å². The SMILES string of the molecule is COCC1CCCN(C(=O)c2cc3cccc(OC)c3oc2=O)C1. The van der Waals surface area contributed by atoms with Crippen LogP contribution in [0.3, 0.4) is 0 Å². The number of ether oxygens (including phenoxy) is 2. The lowest BCUT2D eigenvalue weighted by Gasteiger charge is -2.32. The molecule has 1 unspecified atom stereocenters. The molecule has 6 nitrogen and oxygen atoms in total. The number of fused-ring (bicyclic) bond motifs is 1. The Hall–Kier alpha value is -2.34. The number of likely N-dealkylation sites (tertiary alicyclic amines) is 1. The van der Waals surface area contributed by atoms with Crippen LogP contribution in [0.2, 0.25) is 0 Å². The van der Waals surface area contributed by atoms with Crippen LogP contribution >= 0.6 is 0 Å². The Morgan fingerprint density at radius 3 is 2.96 bits per heavy atom. The molecule has 1 aliphatic rings. The highest BCUT2D eigenvalue weighted by Crippen LogP contribution is 2.25. The van der Waals surface area contributed by atoms with Crippen LogP contribution in [-0.2, 0) is 4.74 Å². The predicted octanol–water partition coefficient (Wildman–Crippen LogP) is 2.30. The zero-order valence-corrected chi connectivity index (χ0v) is 13.9. The van der Waals surface area contributed by atoms with Gasteiger partial charge < -0.3 is 18.8 Å². The van der Waals surface area contributed by atoms with Gasteiger partial charge in [0.15, 0.2) is 11.3 Å². The molecule has 2 aromatic rings. The Labute approximate surface area is 140 Å². The Balaban J connectivity index is 1.92. The Morgan fingerprint density at radius 2 is 2.21 bits per heavy atom. The van der Waals surface area contributed by atoms with E-state index >= 15 is 0 Å². The fraction of sp³-hybridized carbons (Fsp3) is 0.444. The third kappa shape index (κ3) is 3.14. The zero-order valence-electron chi connectivity index (χ0n) is 13.9. The van der Waals surface area contributed by atoms with Gasteiger partial charge in [-0.05, 0) is 30.9 Å². The van der Waals surface area contributed by atoms with Gasteiger partial charge in [-0.15, -0.1) is 0 Å². The summed E-state index contributed by atoms with van der Waals surface area (Å²) < 4.78 is 15.7. The van der Waals surface area contributed by atoms with E-state index in [1.165, 1.54) is 7.11 Å². The number of carbonyl (C=O) groups is 1. The van der Waals surface area contributed by atoms with Gasteiger partial charge in [0.25, 0.3) is 5.91 Å². The molecule has 1 fully saturated rings. The lowest BCUT2D eigenvalue weighted by Crippen LogP contribution is -2.42. The highest BCUT2D eigenvalue weighted by atomic mass is 16.5. The van der Waals surface area contributed by atoms with Crippen molar-refractivity contribution in [3.8, 4) is 5.75 Å². The largest absolute Gasteiger partial charge is 0.493 e. The van der Waals surface area contributed by atoms with Gasteiger partial charge in [0, 0.05) is 25.6 Å². The van der Waals surface area contributed by atoms with E-state index < -0.39 is 5.63 Å². The highest BCUT2D eigenvalue weighted by molar-refractivity contribution is 5.97. The molecule has 0 N–H and O–H groups in total. The molecule has 1 aromatic carbocycles. The number of piperidine rings is 1. The van der Waals surface area contributed by atoms with Gasteiger partial charge in [0.2, 0.25) is 0 Å². The molecule has 1 aromatic heterocycles. The molecule has 1 atom stereocenters. The van der Waals surface area contributed by atoms with Crippen molar-refractivity contribution < 1.29 is 18.7 Å². The first-order valence-electron chi connectivity index (χ1n) is 8.03. The average molecular weight is 331 g/mol. The number of rotatable bonds is 4. The van der Waals surface area contributed by atoms with Crippen LogP contribution in [0.5, 0.6) is 5.75 Å². The second-order valence-electron chi connectivity index (χ2n) is 6.04. The first-order chi connectivity index (χ1) is 11.6. The second-order valence-corrected chi connectivity index (χ2v) is 6.04. The summed E-state index contributed by atoms with van der Waals surface area (Å²) in [5.74, 6) is 0.497. The van der Waals surface area contributed by atoms with Crippen LogP contribution in [0.4, 0.5) is 0 Å². The normalized spacial score (nSPS) is 17.9. The zero-order chi connectivity index (χ0) is 17.1. The summed E-state index contributed by atoms with van der Waals surface area (Å²) >= 11 is 0. The van der Waals surface area contributed by atoms with E-state index in [0.717, 1.165) is 12.8 Å². The van der Waals surface area contributed by atoms with Crippen molar-refractivity contribution in [1.82, 2.24) is 4.90 Å². The van der Waals surface area contributed by atoms with E-state index in [1.807, 2.05) is 0 Å². The van der Waals surface area contributed by atoms with Gasteiger partial charge in [0.1, 0.15) is 5.56 Å². The quantitative estimate of drug-likeness (QED) is 0.804. The summed E-state index contributed by atoms with van der Waals surface area (Å²) in [5, 5.41) is 0.669. The molecule has 2 heterocycles. The van der Waals surface area contributed by atoms with Crippen LogP contribution < -0.4 is 10.4 Å². The molecule has 1 saturated heterocycles. The summed E-state index contributed by atoms with van der Waals surface area (Å²) in [6, 6.07) is 6.89. The Morgan fingerprint density at radius 1 is 1.38 bits per heavy atom. The van der Waals surface area contributed by atoms with Crippen molar-refractivity contribution in [3.63, 3.8) is 0 Å². The van der Waals surface area contributed by atoms with Crippen LogP contribution in [0.1, 0.15) is 23.2 Å². The second kappa shape index (κ2) is 7.05. The van der Waals surface area contributed by atoms with E-state index in [1.54, 1.807) is 36.3 Å². The molecule has 1 amide bonds. The van der Waals surface area contributed by atoms with E-state index in [2.05, 4.69) is 0 Å². The Bertz CT molecular complexity index is 796. The monoisotopic (exact) mass is 331 g/mol. The fourth-order valence-corrected chi connectivity index (χ4v) is 3.22. The molecule has 0 saturated carbocycles. The minimum Gasteiger partial charge on any atom is -0.493 e. The van der Waals surface area contributed by atoms with E-state index in [4.69, 9.17) is 13.9 Å². The molecule has 0 bridgehead atoms. The van der Waals surface area contributed by atoms with Crippen LogP contribution in [0, 0.1) is 5.92 Å². The molecular formula is C18H21NO5. The van der Waals surface area contributed by atoms with Gasteiger partial charge in [-0.3, -0.25) is 4.79 Å². The summed E-state index contributed by atoms with van der Waals surface area (Å²) in [6.45, 7) is 1.87. The number of methoxy groups -OCH3 is 2. The third-order valence-corrected chi connectivity index (χ3v) is 4.38. The van der Waals surface area contributed by atoms with E-state index in [-0.39, 0.29) is 11.5 Å². The molecule has 0 radical (unpaired) electrons. The lowest BCUT2D eigenvalue weighted by molar-refractivity contribution is 0.0567. The number of hydrogen-bond donors (Lipinski definition) is 0. The van der Waals surface area contributed by atoms with Crippen LogP contribution in [0.15, 0.2) is 33.5 Å².